The van der Waals surface area contributed by atoms with Gasteiger partial charge in [-0.3, -0.25) is 24.4 Å². The lowest BCUT2D eigenvalue weighted by molar-refractivity contribution is -0.140. The molecule has 4 aliphatic rings. The molecule has 2 amide bonds. The van der Waals surface area contributed by atoms with Crippen molar-refractivity contribution in [3.8, 4) is 0 Å². The van der Waals surface area contributed by atoms with E-state index in [-0.39, 0.29) is 41.5 Å². The van der Waals surface area contributed by atoms with Gasteiger partial charge in [-0.05, 0) is 63.2 Å². The Bertz CT molecular complexity index is 859. The van der Waals surface area contributed by atoms with E-state index in [9.17, 15) is 9.59 Å². The molecule has 3 heterocycles. The average Bonchev–Trinajstić information content (AvgIpc) is 3.61. The van der Waals surface area contributed by atoms with Crippen molar-refractivity contribution in [3.05, 3.63) is 36.3 Å². The molecule has 0 aromatic carbocycles. The van der Waals surface area contributed by atoms with Crippen molar-refractivity contribution < 1.29 is 14.0 Å². The molecule has 2 aliphatic carbocycles. The second-order valence-corrected chi connectivity index (χ2v) is 9.25. The normalized spacial score (nSPS) is 30.4. The SMILES string of the molecule is CCNC(=NCC(c1ccco1)N1CCCC1)NCCN1C(=O)C2C3C=CC(C3)C2C1=O. The second kappa shape index (κ2) is 9.10. The van der Waals surface area contributed by atoms with Gasteiger partial charge in [0.1, 0.15) is 5.76 Å². The third-order valence-corrected chi connectivity index (χ3v) is 7.41. The van der Waals surface area contributed by atoms with Crippen LogP contribution in [0, 0.1) is 23.7 Å². The topological polar surface area (TPSA) is 90.2 Å². The van der Waals surface area contributed by atoms with E-state index in [4.69, 9.17) is 9.41 Å². The van der Waals surface area contributed by atoms with E-state index in [1.807, 2.05) is 19.1 Å². The summed E-state index contributed by atoms with van der Waals surface area (Å²) in [7, 11) is 0. The summed E-state index contributed by atoms with van der Waals surface area (Å²) in [6.07, 6.45) is 9.35. The van der Waals surface area contributed by atoms with E-state index in [0.717, 1.165) is 31.8 Å². The number of hydrogen-bond acceptors (Lipinski definition) is 5. The van der Waals surface area contributed by atoms with Crippen LogP contribution in [0.15, 0.2) is 40.0 Å². The first-order chi connectivity index (χ1) is 15.7. The van der Waals surface area contributed by atoms with E-state index in [0.29, 0.717) is 25.6 Å². The van der Waals surface area contributed by atoms with Gasteiger partial charge in [0.05, 0.1) is 30.7 Å². The van der Waals surface area contributed by atoms with Crippen LogP contribution in [-0.4, -0.2) is 66.8 Å². The zero-order chi connectivity index (χ0) is 22.1. The smallest absolute Gasteiger partial charge is 0.233 e. The highest BCUT2D eigenvalue weighted by atomic mass is 16.3. The Kier molecular flexibility index (Phi) is 6.04. The van der Waals surface area contributed by atoms with Crippen LogP contribution in [0.1, 0.15) is 38.0 Å². The van der Waals surface area contributed by atoms with Gasteiger partial charge in [-0.1, -0.05) is 12.2 Å². The van der Waals surface area contributed by atoms with E-state index in [1.165, 1.54) is 17.7 Å². The number of rotatable bonds is 8. The van der Waals surface area contributed by atoms with Crippen molar-refractivity contribution in [2.75, 3.05) is 39.3 Å². The Labute approximate surface area is 189 Å². The average molecular weight is 440 g/mol. The standard InChI is InChI=1S/C24H33N5O3/c1-2-25-24(27-15-18(19-6-5-13-32-19)28-10-3-4-11-28)26-9-12-29-22(30)20-16-7-8-17(14-16)21(20)23(29)31/h5-8,13,16-18,20-21H,2-4,9-12,14-15H2,1H3,(H2,25,26,27). The van der Waals surface area contributed by atoms with Crippen molar-refractivity contribution >= 4 is 17.8 Å². The van der Waals surface area contributed by atoms with Gasteiger partial charge in [0.15, 0.2) is 5.96 Å². The van der Waals surface area contributed by atoms with Crippen LogP contribution in [0.3, 0.4) is 0 Å². The van der Waals surface area contributed by atoms with Crippen molar-refractivity contribution in [1.29, 1.82) is 0 Å². The molecule has 1 aromatic rings. The molecule has 172 valence electrons. The molecular formula is C24H33N5O3. The van der Waals surface area contributed by atoms with Gasteiger partial charge < -0.3 is 15.1 Å². The number of hydrogen-bond donors (Lipinski definition) is 2. The predicted molar refractivity (Wildman–Crippen MR) is 121 cm³/mol. The van der Waals surface area contributed by atoms with Crippen molar-refractivity contribution in [1.82, 2.24) is 20.4 Å². The minimum Gasteiger partial charge on any atom is -0.468 e. The van der Waals surface area contributed by atoms with Crippen LogP contribution >= 0.6 is 0 Å². The lowest BCUT2D eigenvalue weighted by atomic mass is 9.85. The maximum absolute atomic E-state index is 12.9. The molecule has 8 heteroatoms. The van der Waals surface area contributed by atoms with E-state index in [2.05, 4.69) is 27.7 Å². The fourth-order valence-electron chi connectivity index (χ4n) is 5.91. The highest BCUT2D eigenvalue weighted by Crippen LogP contribution is 2.52. The lowest BCUT2D eigenvalue weighted by Crippen LogP contribution is -2.44. The Hall–Kier alpha value is -2.61. The number of allylic oxidation sites excluding steroid dienone is 2. The van der Waals surface area contributed by atoms with Crippen LogP contribution in [0.25, 0.3) is 0 Å². The molecular weight excluding hydrogens is 406 g/mol. The largest absolute Gasteiger partial charge is 0.468 e. The molecule has 0 radical (unpaired) electrons. The Morgan fingerprint density at radius 3 is 2.50 bits per heavy atom. The molecule has 5 rings (SSSR count). The number of likely N-dealkylation sites (tertiary alicyclic amines) is 2. The number of carbonyl (C=O) groups is 2. The molecule has 2 N–H and O–H groups in total. The van der Waals surface area contributed by atoms with Gasteiger partial charge >= 0.3 is 0 Å². The predicted octanol–water partition coefficient (Wildman–Crippen LogP) is 1.78. The summed E-state index contributed by atoms with van der Waals surface area (Å²) >= 11 is 0. The summed E-state index contributed by atoms with van der Waals surface area (Å²) in [6, 6.07) is 4.06. The first kappa shape index (κ1) is 21.2. The van der Waals surface area contributed by atoms with E-state index < -0.39 is 0 Å². The van der Waals surface area contributed by atoms with Crippen LogP contribution in [0.2, 0.25) is 0 Å². The van der Waals surface area contributed by atoms with Crippen LogP contribution in [0.4, 0.5) is 0 Å². The zero-order valence-electron chi connectivity index (χ0n) is 18.7. The number of aliphatic imine (C=N–C) groups is 1. The van der Waals surface area contributed by atoms with Gasteiger partial charge in [0, 0.05) is 19.6 Å². The molecule has 1 saturated carbocycles. The molecule has 5 atom stereocenters. The molecule has 0 spiro atoms. The van der Waals surface area contributed by atoms with Crippen molar-refractivity contribution in [2.24, 2.45) is 28.7 Å². The summed E-state index contributed by atoms with van der Waals surface area (Å²) in [5.74, 6) is 1.89. The number of furan rings is 1. The fraction of sp³-hybridized carbons (Fsp3) is 0.625. The number of guanidine groups is 1. The van der Waals surface area contributed by atoms with E-state index >= 15 is 0 Å². The van der Waals surface area contributed by atoms with Gasteiger partial charge in [-0.25, -0.2) is 0 Å². The van der Waals surface area contributed by atoms with Gasteiger partial charge in [-0.15, -0.1) is 0 Å². The lowest BCUT2D eigenvalue weighted by Gasteiger charge is -2.25. The Balaban J connectivity index is 1.19. The first-order valence-corrected chi connectivity index (χ1v) is 12.0. The fourth-order valence-corrected chi connectivity index (χ4v) is 5.91. The van der Waals surface area contributed by atoms with Gasteiger partial charge in [0.25, 0.3) is 0 Å². The number of carbonyl (C=O) groups excluding carboxylic acids is 2. The number of fused-ring (bicyclic) bond motifs is 5. The summed E-state index contributed by atoms with van der Waals surface area (Å²) in [4.78, 5) is 34.4. The highest BCUT2D eigenvalue weighted by Gasteiger charge is 2.58. The van der Waals surface area contributed by atoms with Gasteiger partial charge in [0.2, 0.25) is 11.8 Å². The number of imide groups is 1. The summed E-state index contributed by atoms with van der Waals surface area (Å²) in [5, 5.41) is 6.59. The minimum atomic E-state index is -0.131. The maximum atomic E-state index is 12.9. The number of nitrogens with one attached hydrogen (secondary N) is 2. The Morgan fingerprint density at radius 1 is 1.16 bits per heavy atom. The van der Waals surface area contributed by atoms with E-state index in [1.54, 1.807) is 6.26 Å². The van der Waals surface area contributed by atoms with Crippen LogP contribution < -0.4 is 10.6 Å². The second-order valence-electron chi connectivity index (χ2n) is 9.25. The molecule has 8 nitrogen and oxygen atoms in total. The summed E-state index contributed by atoms with van der Waals surface area (Å²) in [5.41, 5.74) is 0. The molecule has 3 fully saturated rings. The maximum Gasteiger partial charge on any atom is 0.233 e. The zero-order valence-corrected chi connectivity index (χ0v) is 18.7. The summed E-state index contributed by atoms with van der Waals surface area (Å²) in [6.45, 7) is 6.33. The third-order valence-electron chi connectivity index (χ3n) is 7.41. The first-order valence-electron chi connectivity index (χ1n) is 12.0. The quantitative estimate of drug-likeness (QED) is 0.278. The van der Waals surface area contributed by atoms with Crippen LogP contribution in [0.5, 0.6) is 0 Å². The minimum absolute atomic E-state index is 0.00695. The monoisotopic (exact) mass is 439 g/mol. The molecule has 32 heavy (non-hydrogen) atoms. The highest BCUT2D eigenvalue weighted by molar-refractivity contribution is 6.06. The third kappa shape index (κ3) is 3.85. The summed E-state index contributed by atoms with van der Waals surface area (Å²) < 4.78 is 5.69. The van der Waals surface area contributed by atoms with Gasteiger partial charge in [-0.2, -0.15) is 0 Å². The molecule has 2 bridgehead atoms. The molecule has 2 aliphatic heterocycles. The molecule has 5 unspecified atom stereocenters. The number of nitrogens with zero attached hydrogens (tertiary/aromatic N) is 3. The van der Waals surface area contributed by atoms with Crippen molar-refractivity contribution in [2.45, 2.75) is 32.2 Å². The Morgan fingerprint density at radius 2 is 1.88 bits per heavy atom. The van der Waals surface area contributed by atoms with Crippen LogP contribution in [-0.2, 0) is 9.59 Å². The van der Waals surface area contributed by atoms with Crippen molar-refractivity contribution in [3.63, 3.8) is 0 Å². The molecule has 1 aromatic heterocycles. The number of amides is 2. The molecule has 2 saturated heterocycles.